The van der Waals surface area contributed by atoms with E-state index in [0.29, 0.717) is 4.90 Å². The third-order valence-electron chi connectivity index (χ3n) is 4.06. The summed E-state index contributed by atoms with van der Waals surface area (Å²) < 4.78 is 27.3. The molecule has 0 saturated heterocycles. The van der Waals surface area contributed by atoms with Crippen LogP contribution in [0.1, 0.15) is 25.3 Å². The number of hydrogen-bond donors (Lipinski definition) is 0. The number of fused-ring (bicyclic) bond motifs is 1. The Bertz CT molecular complexity index is 725. The Hall–Kier alpha value is -1.81. The van der Waals surface area contributed by atoms with Crippen LogP contribution < -0.4 is 4.31 Å². The van der Waals surface area contributed by atoms with Gasteiger partial charge in [-0.05, 0) is 30.7 Å². The van der Waals surface area contributed by atoms with E-state index < -0.39 is 10.0 Å². The number of nitrogens with zero attached hydrogens (tertiary/aromatic N) is 1. The van der Waals surface area contributed by atoms with Gasteiger partial charge in [0.2, 0.25) is 0 Å². The van der Waals surface area contributed by atoms with Crippen molar-refractivity contribution in [2.24, 2.45) is 0 Å². The maximum Gasteiger partial charge on any atom is 0.264 e. The van der Waals surface area contributed by atoms with E-state index in [-0.39, 0.29) is 12.0 Å². The minimum atomic E-state index is -3.50. The number of sulfonamides is 1. The van der Waals surface area contributed by atoms with Crippen molar-refractivity contribution in [1.82, 2.24) is 0 Å². The molecule has 2 aromatic carbocycles. The topological polar surface area (TPSA) is 37.4 Å². The van der Waals surface area contributed by atoms with Gasteiger partial charge >= 0.3 is 0 Å². The predicted octanol–water partition coefficient (Wildman–Crippen LogP) is 3.39. The van der Waals surface area contributed by atoms with Gasteiger partial charge in [0.05, 0.1) is 10.6 Å². The molecule has 0 unspecified atom stereocenters. The highest BCUT2D eigenvalue weighted by Gasteiger charge is 2.39. The second-order valence-corrected chi connectivity index (χ2v) is 7.02. The molecular weight excluding hydrogens is 270 g/mol. The monoisotopic (exact) mass is 287 g/mol. The summed E-state index contributed by atoms with van der Waals surface area (Å²) in [5.74, 6) is 0.199. The smallest absolute Gasteiger partial charge is 0.263 e. The van der Waals surface area contributed by atoms with Crippen molar-refractivity contribution in [3.05, 3.63) is 60.2 Å². The van der Waals surface area contributed by atoms with E-state index in [0.717, 1.165) is 11.3 Å². The van der Waals surface area contributed by atoms with E-state index in [1.54, 1.807) is 28.6 Å². The Morgan fingerprint density at radius 1 is 0.900 bits per heavy atom. The summed E-state index contributed by atoms with van der Waals surface area (Å²) in [6, 6.07) is 16.3. The van der Waals surface area contributed by atoms with Gasteiger partial charge in [-0.2, -0.15) is 0 Å². The average molecular weight is 287 g/mol. The maximum absolute atomic E-state index is 12.9. The Morgan fingerprint density at radius 3 is 2.20 bits per heavy atom. The Kier molecular flexibility index (Phi) is 3.05. The van der Waals surface area contributed by atoms with Crippen LogP contribution in [0.4, 0.5) is 5.69 Å². The minimum Gasteiger partial charge on any atom is -0.263 e. The molecule has 0 aromatic heterocycles. The summed E-state index contributed by atoms with van der Waals surface area (Å²) in [5, 5.41) is 0. The molecule has 20 heavy (non-hydrogen) atoms. The minimum absolute atomic E-state index is 0.0717. The van der Waals surface area contributed by atoms with Gasteiger partial charge in [-0.1, -0.05) is 43.3 Å². The van der Waals surface area contributed by atoms with E-state index >= 15 is 0 Å². The van der Waals surface area contributed by atoms with Crippen molar-refractivity contribution in [3.63, 3.8) is 0 Å². The highest BCUT2D eigenvalue weighted by molar-refractivity contribution is 7.92. The summed E-state index contributed by atoms with van der Waals surface area (Å²) >= 11 is 0. The van der Waals surface area contributed by atoms with Crippen molar-refractivity contribution < 1.29 is 8.42 Å². The van der Waals surface area contributed by atoms with Crippen LogP contribution in [0, 0.1) is 0 Å². The van der Waals surface area contributed by atoms with Gasteiger partial charge in [0, 0.05) is 12.0 Å². The van der Waals surface area contributed by atoms with Gasteiger partial charge in [0.1, 0.15) is 0 Å². The van der Waals surface area contributed by atoms with Crippen LogP contribution >= 0.6 is 0 Å². The van der Waals surface area contributed by atoms with Crippen molar-refractivity contribution in [2.45, 2.75) is 30.7 Å². The first-order chi connectivity index (χ1) is 9.53. The molecule has 104 valence electrons. The highest BCUT2D eigenvalue weighted by atomic mass is 32.2. The van der Waals surface area contributed by atoms with Gasteiger partial charge in [-0.15, -0.1) is 0 Å². The molecule has 0 N–H and O–H groups in total. The third kappa shape index (κ3) is 1.83. The van der Waals surface area contributed by atoms with Crippen molar-refractivity contribution in [1.29, 1.82) is 0 Å². The molecule has 4 heteroatoms. The van der Waals surface area contributed by atoms with Crippen molar-refractivity contribution >= 4 is 15.7 Å². The van der Waals surface area contributed by atoms with E-state index in [1.165, 1.54) is 0 Å². The lowest BCUT2D eigenvalue weighted by Gasteiger charge is -2.25. The first-order valence-electron chi connectivity index (χ1n) is 6.72. The molecule has 0 aliphatic carbocycles. The van der Waals surface area contributed by atoms with E-state index in [2.05, 4.69) is 6.92 Å². The van der Waals surface area contributed by atoms with Crippen LogP contribution in [0.15, 0.2) is 59.5 Å². The molecule has 2 aromatic rings. The molecule has 1 heterocycles. The van der Waals surface area contributed by atoms with Gasteiger partial charge in [-0.3, -0.25) is 4.31 Å². The average Bonchev–Trinajstić information content (AvgIpc) is 2.73. The first kappa shape index (κ1) is 13.2. The largest absolute Gasteiger partial charge is 0.264 e. The lowest BCUT2D eigenvalue weighted by atomic mass is 9.99. The van der Waals surface area contributed by atoms with Crippen LogP contribution in [0.5, 0.6) is 0 Å². The Balaban J connectivity index is 2.16. The second kappa shape index (κ2) is 4.63. The molecule has 1 aliphatic rings. The summed E-state index contributed by atoms with van der Waals surface area (Å²) in [4.78, 5) is 0.343. The zero-order valence-corrected chi connectivity index (χ0v) is 12.3. The fraction of sp³-hybridized carbons (Fsp3) is 0.250. The zero-order valence-electron chi connectivity index (χ0n) is 11.5. The molecule has 3 nitrogen and oxygen atoms in total. The summed E-state index contributed by atoms with van der Waals surface area (Å²) in [6.07, 6.45) is 0. The summed E-state index contributed by atoms with van der Waals surface area (Å²) in [7, 11) is -3.50. The van der Waals surface area contributed by atoms with E-state index in [4.69, 9.17) is 0 Å². The Morgan fingerprint density at radius 2 is 1.50 bits per heavy atom. The third-order valence-corrected chi connectivity index (χ3v) is 5.97. The molecule has 0 fully saturated rings. The van der Waals surface area contributed by atoms with Crippen LogP contribution in [0.2, 0.25) is 0 Å². The van der Waals surface area contributed by atoms with Gasteiger partial charge in [-0.25, -0.2) is 8.42 Å². The Labute approximate surface area is 119 Å². The highest BCUT2D eigenvalue weighted by Crippen LogP contribution is 2.43. The predicted molar refractivity (Wildman–Crippen MR) is 80.4 cm³/mol. The standard InChI is InChI=1S/C16H17NO2S/c1-12-13(2)17(16-11-7-6-10-15(12)16)20(18,19)14-8-4-3-5-9-14/h3-13H,1-2H3/t12-,13-/m0/s1. The lowest BCUT2D eigenvalue weighted by Crippen LogP contribution is -2.36. The molecule has 0 amide bonds. The fourth-order valence-electron chi connectivity index (χ4n) is 2.81. The number of para-hydroxylation sites is 1. The quantitative estimate of drug-likeness (QED) is 0.849. The molecule has 0 radical (unpaired) electrons. The number of rotatable bonds is 2. The van der Waals surface area contributed by atoms with Crippen LogP contribution in [-0.4, -0.2) is 14.5 Å². The number of benzene rings is 2. The molecule has 1 aliphatic heterocycles. The van der Waals surface area contributed by atoms with Gasteiger partial charge in [0.25, 0.3) is 10.0 Å². The van der Waals surface area contributed by atoms with E-state index in [9.17, 15) is 8.42 Å². The van der Waals surface area contributed by atoms with E-state index in [1.807, 2.05) is 37.3 Å². The summed E-state index contributed by atoms with van der Waals surface area (Å²) in [5.41, 5.74) is 1.90. The van der Waals surface area contributed by atoms with Crippen LogP contribution in [0.25, 0.3) is 0 Å². The van der Waals surface area contributed by atoms with Crippen molar-refractivity contribution in [3.8, 4) is 0 Å². The molecule has 2 atom stereocenters. The number of anilines is 1. The summed E-state index contributed by atoms with van der Waals surface area (Å²) in [6.45, 7) is 4.04. The van der Waals surface area contributed by atoms with Crippen molar-refractivity contribution in [2.75, 3.05) is 4.31 Å². The molecule has 0 bridgehead atoms. The molecule has 3 rings (SSSR count). The SMILES string of the molecule is C[C@@H]1c2ccccc2N(S(=O)(=O)c2ccccc2)[C@H]1C. The zero-order chi connectivity index (χ0) is 14.3. The number of hydrogen-bond acceptors (Lipinski definition) is 2. The lowest BCUT2D eigenvalue weighted by molar-refractivity contribution is 0.573. The molecular formula is C16H17NO2S. The molecule has 0 spiro atoms. The fourth-order valence-corrected chi connectivity index (χ4v) is 4.58. The van der Waals surface area contributed by atoms with Gasteiger partial charge < -0.3 is 0 Å². The normalized spacial score (nSPS) is 21.8. The van der Waals surface area contributed by atoms with Crippen LogP contribution in [-0.2, 0) is 10.0 Å². The molecule has 0 saturated carbocycles. The van der Waals surface area contributed by atoms with Gasteiger partial charge in [0.15, 0.2) is 0 Å². The second-order valence-electron chi connectivity index (χ2n) is 5.20. The maximum atomic E-state index is 12.9. The van der Waals surface area contributed by atoms with Crippen LogP contribution in [0.3, 0.4) is 0 Å². The first-order valence-corrected chi connectivity index (χ1v) is 8.16.